The van der Waals surface area contributed by atoms with Crippen LogP contribution in [0.2, 0.25) is 0 Å². The van der Waals surface area contributed by atoms with Crippen molar-refractivity contribution in [3.8, 4) is 22.9 Å². The second-order valence-electron chi connectivity index (χ2n) is 9.83. The fraction of sp³-hybridized carbons (Fsp3) is 0.133. The predicted octanol–water partition coefficient (Wildman–Crippen LogP) is 6.87. The van der Waals surface area contributed by atoms with E-state index in [0.29, 0.717) is 17.4 Å². The Morgan fingerprint density at radius 3 is 2.50 bits per heavy atom. The smallest absolute Gasteiger partial charge is 0.282 e. The number of aromatic nitrogens is 5. The van der Waals surface area contributed by atoms with Gasteiger partial charge in [-0.15, -0.1) is 0 Å². The number of imidazole rings is 1. The average Bonchev–Trinajstić information content (AvgIpc) is 3.36. The van der Waals surface area contributed by atoms with Gasteiger partial charge in [0, 0.05) is 53.1 Å². The van der Waals surface area contributed by atoms with Crippen LogP contribution >= 0.6 is 0 Å². The highest BCUT2D eigenvalue weighted by molar-refractivity contribution is 5.95. The number of rotatable bonds is 6. The van der Waals surface area contributed by atoms with E-state index in [4.69, 9.17) is 9.72 Å². The first-order valence-electron chi connectivity index (χ1n) is 12.7. The Kier molecular flexibility index (Phi) is 5.55. The van der Waals surface area contributed by atoms with Gasteiger partial charge in [0.2, 0.25) is 0 Å². The summed E-state index contributed by atoms with van der Waals surface area (Å²) in [4.78, 5) is 22.9. The summed E-state index contributed by atoms with van der Waals surface area (Å²) in [6, 6.07) is 20.6. The van der Waals surface area contributed by atoms with E-state index in [1.54, 1.807) is 23.5 Å². The van der Waals surface area contributed by atoms with Crippen LogP contribution in [0.5, 0.6) is 11.5 Å². The normalized spacial score (nSPS) is 14.3. The first-order valence-corrected chi connectivity index (χ1v) is 12.7. The first kappa shape index (κ1) is 24.0. The number of aryl methyl sites for hydroxylation is 1. The fourth-order valence-electron chi connectivity index (χ4n) is 4.79. The molecule has 6 aromatic rings. The molecule has 0 spiro atoms. The van der Waals surface area contributed by atoms with E-state index in [1.165, 1.54) is 0 Å². The Hall–Kier alpha value is -5.12. The van der Waals surface area contributed by atoms with Crippen molar-refractivity contribution < 1.29 is 13.5 Å². The summed E-state index contributed by atoms with van der Waals surface area (Å²) in [6.07, 6.45) is 5.17. The van der Waals surface area contributed by atoms with Crippen molar-refractivity contribution in [2.75, 3.05) is 23.3 Å². The van der Waals surface area contributed by atoms with Gasteiger partial charge in [0.1, 0.15) is 23.1 Å². The summed E-state index contributed by atoms with van der Waals surface area (Å²) >= 11 is 0. The second-order valence-corrected chi connectivity index (χ2v) is 9.83. The number of H-pyrrole nitrogens is 1. The summed E-state index contributed by atoms with van der Waals surface area (Å²) in [7, 11) is 0. The summed E-state index contributed by atoms with van der Waals surface area (Å²) in [5.41, 5.74) is 5.67. The number of pyridine rings is 3. The number of nitrogens with zero attached hydrogens (tertiary/aromatic N) is 5. The number of alkyl halides is 2. The zero-order valence-corrected chi connectivity index (χ0v) is 21.4. The molecule has 40 heavy (non-hydrogen) atoms. The van der Waals surface area contributed by atoms with Gasteiger partial charge in [0.05, 0.1) is 35.3 Å². The average molecular weight is 536 g/mol. The number of benzene rings is 2. The van der Waals surface area contributed by atoms with Crippen LogP contribution in [-0.4, -0.2) is 43.9 Å². The largest absolute Gasteiger partial charge is 0.457 e. The molecule has 4 aromatic heterocycles. The molecule has 1 aliphatic heterocycles. The van der Waals surface area contributed by atoms with Crippen molar-refractivity contribution in [1.29, 1.82) is 0 Å². The van der Waals surface area contributed by atoms with E-state index < -0.39 is 5.92 Å². The molecule has 0 bridgehead atoms. The van der Waals surface area contributed by atoms with Gasteiger partial charge in [-0.05, 0) is 61.5 Å². The molecule has 198 valence electrons. The third-order valence-electron chi connectivity index (χ3n) is 6.79. The zero-order chi connectivity index (χ0) is 27.3. The molecule has 0 radical (unpaired) electrons. The Labute approximate surface area is 227 Å². The van der Waals surface area contributed by atoms with Gasteiger partial charge in [-0.3, -0.25) is 9.97 Å². The molecule has 1 saturated heterocycles. The van der Waals surface area contributed by atoms with Gasteiger partial charge in [0.25, 0.3) is 5.92 Å². The van der Waals surface area contributed by atoms with Gasteiger partial charge in [-0.2, -0.15) is 0 Å². The highest BCUT2D eigenvalue weighted by atomic mass is 19.3. The molecule has 8 nitrogen and oxygen atoms in total. The lowest BCUT2D eigenvalue weighted by Gasteiger charge is -2.40. The fourth-order valence-corrected chi connectivity index (χ4v) is 4.79. The molecule has 0 amide bonds. The Bertz CT molecular complexity index is 1860. The monoisotopic (exact) mass is 535 g/mol. The number of hydrogen-bond acceptors (Lipinski definition) is 7. The molecule has 7 rings (SSSR count). The van der Waals surface area contributed by atoms with E-state index in [9.17, 15) is 8.78 Å². The minimum atomic E-state index is -2.63. The van der Waals surface area contributed by atoms with Crippen LogP contribution in [0, 0.1) is 6.92 Å². The lowest BCUT2D eigenvalue weighted by molar-refractivity contribution is -0.0262. The van der Waals surface area contributed by atoms with Crippen molar-refractivity contribution in [2.24, 2.45) is 0 Å². The molecule has 2 aromatic carbocycles. The van der Waals surface area contributed by atoms with Crippen LogP contribution in [0.25, 0.3) is 33.3 Å². The SMILES string of the molecule is Cc1cc(Oc2ccc3nc(-c4ccc(Nc5ccnc6ccc(N7CC(F)(F)C7)cc56)nc4)[nH]c3c2)ccn1. The van der Waals surface area contributed by atoms with Crippen molar-refractivity contribution in [2.45, 2.75) is 12.8 Å². The van der Waals surface area contributed by atoms with Gasteiger partial charge in [0.15, 0.2) is 0 Å². The van der Waals surface area contributed by atoms with Gasteiger partial charge in [-0.1, -0.05) is 0 Å². The Morgan fingerprint density at radius 2 is 1.70 bits per heavy atom. The van der Waals surface area contributed by atoms with Crippen molar-refractivity contribution in [3.05, 3.63) is 91.0 Å². The Balaban J connectivity index is 1.11. The number of fused-ring (bicyclic) bond motifs is 2. The van der Waals surface area contributed by atoms with E-state index in [2.05, 4.69) is 25.3 Å². The van der Waals surface area contributed by atoms with Crippen LogP contribution < -0.4 is 15.0 Å². The standard InChI is InChI=1S/C30H23F2N7O/c1-18-12-22(8-10-33-18)40-21-4-6-26-27(14-21)38-29(37-26)19-2-7-28(35-15-19)36-25-9-11-34-24-5-3-20(13-23(24)25)39-16-30(31,32)17-39/h2-15H,16-17H2,1H3,(H,37,38)(H,34,35,36). The highest BCUT2D eigenvalue weighted by Gasteiger charge is 2.43. The molecule has 5 heterocycles. The number of anilines is 3. The molecule has 10 heteroatoms. The van der Waals surface area contributed by atoms with Crippen molar-refractivity contribution >= 4 is 39.1 Å². The molecule has 0 atom stereocenters. The van der Waals surface area contributed by atoms with Crippen LogP contribution in [0.4, 0.5) is 26.0 Å². The molecule has 2 N–H and O–H groups in total. The highest BCUT2D eigenvalue weighted by Crippen LogP contribution is 2.35. The van der Waals surface area contributed by atoms with E-state index in [-0.39, 0.29) is 13.1 Å². The number of nitrogens with one attached hydrogen (secondary N) is 2. The van der Waals surface area contributed by atoms with Crippen molar-refractivity contribution in [1.82, 2.24) is 24.9 Å². The molecule has 0 aliphatic carbocycles. The van der Waals surface area contributed by atoms with E-state index >= 15 is 0 Å². The lowest BCUT2D eigenvalue weighted by Crippen LogP contribution is -2.56. The summed E-state index contributed by atoms with van der Waals surface area (Å²) < 4.78 is 32.8. The molecular weight excluding hydrogens is 512 g/mol. The molecular formula is C30H23F2N7O. The van der Waals surface area contributed by atoms with Crippen LogP contribution in [-0.2, 0) is 0 Å². The first-order chi connectivity index (χ1) is 19.4. The maximum Gasteiger partial charge on any atom is 0.282 e. The maximum atomic E-state index is 13.4. The Morgan fingerprint density at radius 1 is 0.875 bits per heavy atom. The van der Waals surface area contributed by atoms with E-state index in [0.717, 1.165) is 50.3 Å². The predicted molar refractivity (Wildman–Crippen MR) is 151 cm³/mol. The maximum absolute atomic E-state index is 13.4. The van der Waals surface area contributed by atoms with Crippen LogP contribution in [0.15, 0.2) is 85.3 Å². The van der Waals surface area contributed by atoms with Crippen LogP contribution in [0.3, 0.4) is 0 Å². The van der Waals surface area contributed by atoms with Crippen molar-refractivity contribution in [3.63, 3.8) is 0 Å². The number of aromatic amines is 1. The molecule has 0 saturated carbocycles. The van der Waals surface area contributed by atoms with Gasteiger partial charge < -0.3 is 19.9 Å². The summed E-state index contributed by atoms with van der Waals surface area (Å²) in [5.74, 6) is 0.111. The molecule has 0 unspecified atom stereocenters. The zero-order valence-electron chi connectivity index (χ0n) is 21.4. The molecule has 1 fully saturated rings. The quantitative estimate of drug-likeness (QED) is 0.241. The van der Waals surface area contributed by atoms with Gasteiger partial charge in [-0.25, -0.2) is 18.7 Å². The summed E-state index contributed by atoms with van der Waals surface area (Å²) in [6.45, 7) is 1.37. The van der Waals surface area contributed by atoms with Crippen LogP contribution in [0.1, 0.15) is 5.69 Å². The van der Waals surface area contributed by atoms with E-state index in [1.807, 2.05) is 73.7 Å². The third-order valence-corrected chi connectivity index (χ3v) is 6.79. The topological polar surface area (TPSA) is 91.9 Å². The van der Waals surface area contributed by atoms with Gasteiger partial charge >= 0.3 is 0 Å². The second kappa shape index (κ2) is 9.26. The lowest BCUT2D eigenvalue weighted by atomic mass is 10.1. The number of ether oxygens (including phenoxy) is 1. The minimum absolute atomic E-state index is 0.273. The number of hydrogen-bond donors (Lipinski definition) is 2. The summed E-state index contributed by atoms with van der Waals surface area (Å²) in [5, 5.41) is 4.17. The number of halogens is 2. The third kappa shape index (κ3) is 4.64. The minimum Gasteiger partial charge on any atom is -0.457 e. The molecule has 1 aliphatic rings.